The molecule has 10 heteroatoms. The third-order valence-corrected chi connectivity index (χ3v) is 4.70. The quantitative estimate of drug-likeness (QED) is 0.575. The molecule has 1 atom stereocenters. The minimum Gasteiger partial charge on any atom is -0.366 e. The van der Waals surface area contributed by atoms with Gasteiger partial charge >= 0.3 is 0 Å². The minimum atomic E-state index is -0.545. The number of benzene rings is 1. The van der Waals surface area contributed by atoms with Crippen molar-refractivity contribution in [2.75, 3.05) is 10.6 Å². The summed E-state index contributed by atoms with van der Waals surface area (Å²) in [6.45, 7) is 0. The van der Waals surface area contributed by atoms with E-state index in [-0.39, 0.29) is 24.1 Å². The second-order valence-corrected chi connectivity index (χ2v) is 6.82. The predicted octanol–water partition coefficient (Wildman–Crippen LogP) is 0.640. The van der Waals surface area contributed by atoms with E-state index in [1.807, 2.05) is 0 Å². The summed E-state index contributed by atoms with van der Waals surface area (Å²) in [5.41, 5.74) is 6.56. The van der Waals surface area contributed by atoms with Crippen LogP contribution in [-0.4, -0.2) is 34.7 Å². The predicted molar refractivity (Wildman–Crippen MR) is 99.2 cm³/mol. The van der Waals surface area contributed by atoms with Crippen molar-refractivity contribution in [3.05, 3.63) is 40.9 Å². The molecule has 2 aromatic rings. The number of nitrogens with one attached hydrogen (secondary N) is 3. The summed E-state index contributed by atoms with van der Waals surface area (Å²) in [6.07, 6.45) is 0.825. The summed E-state index contributed by atoms with van der Waals surface area (Å²) in [5.74, 6) is -1.29. The molecule has 0 aliphatic carbocycles. The number of amides is 4. The average molecular weight is 387 g/mol. The van der Waals surface area contributed by atoms with Crippen molar-refractivity contribution in [3.63, 3.8) is 0 Å². The van der Waals surface area contributed by atoms with Gasteiger partial charge in [-0.1, -0.05) is 0 Å². The van der Waals surface area contributed by atoms with Gasteiger partial charge in [-0.3, -0.25) is 19.2 Å². The Bertz CT molecular complexity index is 893. The zero-order chi connectivity index (χ0) is 19.4. The number of nitrogens with two attached hydrogens (primary N) is 1. The van der Waals surface area contributed by atoms with Crippen molar-refractivity contribution in [2.24, 2.45) is 5.73 Å². The third-order valence-electron chi connectivity index (χ3n) is 3.89. The highest BCUT2D eigenvalue weighted by atomic mass is 32.1. The largest absolute Gasteiger partial charge is 0.366 e. The number of carbonyl (C=O) groups excluding carboxylic acids is 4. The Balaban J connectivity index is 1.52. The Morgan fingerprint density at radius 1 is 1.22 bits per heavy atom. The Morgan fingerprint density at radius 2 is 1.96 bits per heavy atom. The zero-order valence-electron chi connectivity index (χ0n) is 14.2. The lowest BCUT2D eigenvalue weighted by molar-refractivity contribution is -0.122. The number of rotatable bonds is 6. The zero-order valence-corrected chi connectivity index (χ0v) is 15.0. The van der Waals surface area contributed by atoms with E-state index in [0.717, 1.165) is 0 Å². The second-order valence-electron chi connectivity index (χ2n) is 5.96. The van der Waals surface area contributed by atoms with E-state index < -0.39 is 11.9 Å². The van der Waals surface area contributed by atoms with Gasteiger partial charge in [0.15, 0.2) is 5.13 Å². The molecule has 4 amide bonds. The highest BCUT2D eigenvalue weighted by molar-refractivity contribution is 7.13. The Kier molecular flexibility index (Phi) is 5.46. The average Bonchev–Trinajstić information content (AvgIpc) is 3.24. The molecule has 9 nitrogen and oxygen atoms in total. The van der Waals surface area contributed by atoms with Crippen LogP contribution in [0.3, 0.4) is 0 Å². The molecule has 1 aromatic carbocycles. The molecule has 2 heterocycles. The summed E-state index contributed by atoms with van der Waals surface area (Å²) < 4.78 is 0. The van der Waals surface area contributed by atoms with E-state index in [1.54, 1.807) is 17.5 Å². The number of thiazole rings is 1. The van der Waals surface area contributed by atoms with E-state index in [2.05, 4.69) is 20.9 Å². The monoisotopic (exact) mass is 387 g/mol. The molecule has 3 rings (SSSR count). The van der Waals surface area contributed by atoms with Crippen molar-refractivity contribution in [2.45, 2.75) is 25.3 Å². The van der Waals surface area contributed by atoms with Gasteiger partial charge in [0.1, 0.15) is 6.04 Å². The lowest BCUT2D eigenvalue weighted by Gasteiger charge is -2.08. The van der Waals surface area contributed by atoms with E-state index in [0.29, 0.717) is 34.9 Å². The van der Waals surface area contributed by atoms with Crippen molar-refractivity contribution >= 4 is 45.8 Å². The van der Waals surface area contributed by atoms with Gasteiger partial charge in [0.2, 0.25) is 23.6 Å². The van der Waals surface area contributed by atoms with Gasteiger partial charge in [0, 0.05) is 23.1 Å². The molecule has 0 saturated carbocycles. The maximum atomic E-state index is 12.1. The summed E-state index contributed by atoms with van der Waals surface area (Å²) >= 11 is 1.20. The first-order valence-electron chi connectivity index (χ1n) is 8.15. The van der Waals surface area contributed by atoms with E-state index in [1.165, 1.54) is 23.5 Å². The van der Waals surface area contributed by atoms with Crippen LogP contribution in [0.2, 0.25) is 0 Å². The number of primary amides is 1. The number of nitrogens with zero attached hydrogens (tertiary/aromatic N) is 1. The van der Waals surface area contributed by atoms with Crippen molar-refractivity contribution < 1.29 is 19.2 Å². The van der Waals surface area contributed by atoms with Crippen LogP contribution in [0.25, 0.3) is 0 Å². The lowest BCUT2D eigenvalue weighted by Crippen LogP contribution is -2.37. The molecular weight excluding hydrogens is 370 g/mol. The normalized spacial score (nSPS) is 15.9. The van der Waals surface area contributed by atoms with Gasteiger partial charge in [-0.25, -0.2) is 4.98 Å². The molecule has 0 bridgehead atoms. The number of hydrogen-bond acceptors (Lipinski definition) is 6. The topological polar surface area (TPSA) is 143 Å². The molecule has 1 aliphatic rings. The molecule has 1 aromatic heterocycles. The molecule has 0 spiro atoms. The van der Waals surface area contributed by atoms with E-state index in [4.69, 9.17) is 5.73 Å². The fourth-order valence-electron chi connectivity index (χ4n) is 2.54. The fraction of sp³-hybridized carbons (Fsp3) is 0.235. The number of hydrogen-bond donors (Lipinski definition) is 4. The second kappa shape index (κ2) is 7.96. The Labute approximate surface area is 158 Å². The molecule has 1 saturated heterocycles. The molecule has 1 aliphatic heterocycles. The Hall–Kier alpha value is -3.27. The third kappa shape index (κ3) is 4.88. The SMILES string of the molecule is NC(=O)c1ccc(NC(=O)Cc2csc(NC(=O)[C@H]3CCC(=O)N3)n2)cc1. The summed E-state index contributed by atoms with van der Waals surface area (Å²) in [5, 5.41) is 9.97. The van der Waals surface area contributed by atoms with Crippen molar-refractivity contribution in [3.8, 4) is 0 Å². The van der Waals surface area contributed by atoms with Crippen molar-refractivity contribution in [1.29, 1.82) is 0 Å². The van der Waals surface area contributed by atoms with Gasteiger partial charge < -0.3 is 21.7 Å². The number of aromatic nitrogens is 1. The summed E-state index contributed by atoms with van der Waals surface area (Å²) in [4.78, 5) is 50.6. The van der Waals surface area contributed by atoms with Gasteiger partial charge in [-0.05, 0) is 30.7 Å². The highest BCUT2D eigenvalue weighted by Gasteiger charge is 2.27. The molecule has 140 valence electrons. The maximum absolute atomic E-state index is 12.1. The first kappa shape index (κ1) is 18.5. The Morgan fingerprint density at radius 3 is 2.59 bits per heavy atom. The van der Waals surface area contributed by atoms with Crippen LogP contribution in [0.1, 0.15) is 28.9 Å². The minimum absolute atomic E-state index is 0.0319. The van der Waals surface area contributed by atoms with Crippen LogP contribution < -0.4 is 21.7 Å². The van der Waals surface area contributed by atoms with Crippen molar-refractivity contribution in [1.82, 2.24) is 10.3 Å². The smallest absolute Gasteiger partial charge is 0.248 e. The van der Waals surface area contributed by atoms with Crippen LogP contribution in [0.5, 0.6) is 0 Å². The molecule has 1 fully saturated rings. The first-order valence-corrected chi connectivity index (χ1v) is 9.03. The number of carbonyl (C=O) groups is 4. The summed E-state index contributed by atoms with van der Waals surface area (Å²) in [6, 6.07) is 5.67. The molecular formula is C17H17N5O4S. The highest BCUT2D eigenvalue weighted by Crippen LogP contribution is 2.18. The van der Waals surface area contributed by atoms with Crippen LogP contribution in [0, 0.1) is 0 Å². The van der Waals surface area contributed by atoms with Gasteiger partial charge in [0.25, 0.3) is 0 Å². The van der Waals surface area contributed by atoms with Gasteiger partial charge in [0.05, 0.1) is 12.1 Å². The lowest BCUT2D eigenvalue weighted by atomic mass is 10.2. The van der Waals surface area contributed by atoms with Crippen LogP contribution in [-0.2, 0) is 20.8 Å². The molecule has 5 N–H and O–H groups in total. The molecule has 0 unspecified atom stereocenters. The van der Waals surface area contributed by atoms with Gasteiger partial charge in [-0.15, -0.1) is 11.3 Å². The van der Waals surface area contributed by atoms with E-state index in [9.17, 15) is 19.2 Å². The summed E-state index contributed by atoms with van der Waals surface area (Å²) in [7, 11) is 0. The van der Waals surface area contributed by atoms with Gasteiger partial charge in [-0.2, -0.15) is 0 Å². The molecule has 0 radical (unpaired) electrons. The maximum Gasteiger partial charge on any atom is 0.248 e. The fourth-order valence-corrected chi connectivity index (χ4v) is 3.25. The first-order chi connectivity index (χ1) is 12.9. The van der Waals surface area contributed by atoms with Crippen LogP contribution in [0.4, 0.5) is 10.8 Å². The standard InChI is InChI=1S/C17H17N5O4S/c18-15(25)9-1-3-10(4-2-9)19-14(24)7-11-8-27-17(20-11)22-16(26)12-5-6-13(23)21-12/h1-4,8,12H,5-7H2,(H2,18,25)(H,19,24)(H,21,23)(H,20,22,26)/t12-/m1/s1. The molecule has 27 heavy (non-hydrogen) atoms. The van der Waals surface area contributed by atoms with E-state index >= 15 is 0 Å². The number of anilines is 2. The van der Waals surface area contributed by atoms with Crippen LogP contribution >= 0.6 is 11.3 Å². The van der Waals surface area contributed by atoms with Crippen LogP contribution in [0.15, 0.2) is 29.6 Å².